The van der Waals surface area contributed by atoms with Gasteiger partial charge in [-0.05, 0) is 24.0 Å². The first-order chi connectivity index (χ1) is 11.3. The van der Waals surface area contributed by atoms with E-state index in [-0.39, 0.29) is 11.9 Å². The molecular weight excluding hydrogens is 288 g/mol. The summed E-state index contributed by atoms with van der Waals surface area (Å²) >= 11 is 0. The van der Waals surface area contributed by atoms with Crippen LogP contribution in [0.25, 0.3) is 5.65 Å². The van der Waals surface area contributed by atoms with Gasteiger partial charge in [0.25, 0.3) is 5.91 Å². The molecule has 4 rings (SSSR count). The van der Waals surface area contributed by atoms with Crippen LogP contribution >= 0.6 is 0 Å². The number of amides is 1. The maximum Gasteiger partial charge on any atom is 0.276 e. The van der Waals surface area contributed by atoms with Crippen molar-refractivity contribution in [3.05, 3.63) is 65.9 Å². The Balaban J connectivity index is 1.75. The van der Waals surface area contributed by atoms with Crippen LogP contribution in [0.2, 0.25) is 0 Å². The number of fused-ring (bicyclic) bond motifs is 2. The van der Waals surface area contributed by atoms with Crippen molar-refractivity contribution >= 4 is 11.6 Å². The predicted octanol–water partition coefficient (Wildman–Crippen LogP) is 2.88. The molecule has 0 radical (unpaired) electrons. The highest BCUT2D eigenvalue weighted by Gasteiger charge is 2.31. The van der Waals surface area contributed by atoms with Gasteiger partial charge in [0.1, 0.15) is 0 Å². The monoisotopic (exact) mass is 306 g/mol. The number of rotatable bonds is 2. The number of benzene rings is 1. The van der Waals surface area contributed by atoms with E-state index < -0.39 is 0 Å². The molecule has 0 saturated heterocycles. The average Bonchev–Trinajstić information content (AvgIpc) is 3.08. The second-order valence-corrected chi connectivity index (χ2v) is 5.81. The molecule has 0 aliphatic carbocycles. The number of carbonyl (C=O) groups excluding carboxylic acids is 1. The molecule has 5 nitrogen and oxygen atoms in total. The molecule has 1 atom stereocenters. The molecule has 0 N–H and O–H groups in total. The number of nitrogens with zero attached hydrogens (tertiary/aromatic N) is 4. The van der Waals surface area contributed by atoms with Gasteiger partial charge in [0, 0.05) is 31.3 Å². The fraction of sp³-hybridized carbons (Fsp3) is 0.278. The molecule has 1 aliphatic rings. The van der Waals surface area contributed by atoms with Crippen LogP contribution in [0.15, 0.2) is 49.1 Å². The Morgan fingerprint density at radius 3 is 2.83 bits per heavy atom. The van der Waals surface area contributed by atoms with Gasteiger partial charge >= 0.3 is 0 Å². The highest BCUT2D eigenvalue weighted by molar-refractivity contribution is 5.98. The number of carbonyl (C=O) groups is 1. The zero-order valence-electron chi connectivity index (χ0n) is 13.0. The lowest BCUT2D eigenvalue weighted by atomic mass is 9.91. The molecule has 3 aromatic rings. The summed E-state index contributed by atoms with van der Waals surface area (Å²) in [6, 6.07) is 8.50. The summed E-state index contributed by atoms with van der Waals surface area (Å²) in [5.74, 6) is -0.0387. The van der Waals surface area contributed by atoms with E-state index in [9.17, 15) is 4.79 Å². The minimum atomic E-state index is -0.0387. The molecule has 0 bridgehead atoms. The van der Waals surface area contributed by atoms with Gasteiger partial charge in [-0.2, -0.15) is 0 Å². The molecule has 116 valence electrons. The second kappa shape index (κ2) is 5.50. The first-order valence-corrected chi connectivity index (χ1v) is 7.96. The summed E-state index contributed by atoms with van der Waals surface area (Å²) in [5, 5.41) is 0. The number of aromatic nitrogens is 3. The Morgan fingerprint density at radius 1 is 1.22 bits per heavy atom. The van der Waals surface area contributed by atoms with Gasteiger partial charge in [0.05, 0.1) is 6.04 Å². The minimum absolute atomic E-state index is 0.0387. The summed E-state index contributed by atoms with van der Waals surface area (Å²) in [6.45, 7) is 2.84. The Hall–Kier alpha value is -2.69. The van der Waals surface area contributed by atoms with E-state index in [2.05, 4.69) is 35.1 Å². The largest absolute Gasteiger partial charge is 0.330 e. The molecule has 1 aromatic carbocycles. The summed E-state index contributed by atoms with van der Waals surface area (Å²) in [5.41, 5.74) is 3.64. The fourth-order valence-electron chi connectivity index (χ4n) is 3.48. The van der Waals surface area contributed by atoms with E-state index in [4.69, 9.17) is 0 Å². The molecule has 0 unspecified atom stereocenters. The van der Waals surface area contributed by atoms with E-state index in [0.29, 0.717) is 11.3 Å². The SMILES string of the molecule is CC[C@H]1c2ccccc2CCN1C(=O)c1nccn2ccnc12. The van der Waals surface area contributed by atoms with Gasteiger partial charge in [0.15, 0.2) is 11.3 Å². The molecule has 1 aliphatic heterocycles. The van der Waals surface area contributed by atoms with Crippen LogP contribution in [0.3, 0.4) is 0 Å². The zero-order chi connectivity index (χ0) is 15.8. The first kappa shape index (κ1) is 13.9. The third-order valence-electron chi connectivity index (χ3n) is 4.57. The van der Waals surface area contributed by atoms with Crippen molar-refractivity contribution in [3.63, 3.8) is 0 Å². The molecule has 5 heteroatoms. The number of imidazole rings is 1. The third kappa shape index (κ3) is 2.20. The zero-order valence-corrected chi connectivity index (χ0v) is 13.0. The Kier molecular flexibility index (Phi) is 3.33. The van der Waals surface area contributed by atoms with Crippen LogP contribution < -0.4 is 0 Å². The fourth-order valence-corrected chi connectivity index (χ4v) is 3.48. The Bertz CT molecular complexity index is 870. The van der Waals surface area contributed by atoms with Crippen LogP contribution in [0, 0.1) is 0 Å². The van der Waals surface area contributed by atoms with E-state index in [0.717, 1.165) is 19.4 Å². The van der Waals surface area contributed by atoms with E-state index in [1.165, 1.54) is 11.1 Å². The summed E-state index contributed by atoms with van der Waals surface area (Å²) in [7, 11) is 0. The summed E-state index contributed by atoms with van der Waals surface area (Å²) < 4.78 is 1.83. The normalized spacial score (nSPS) is 17.3. The predicted molar refractivity (Wildman–Crippen MR) is 87.2 cm³/mol. The van der Waals surface area contributed by atoms with Gasteiger partial charge < -0.3 is 9.30 Å². The molecule has 3 heterocycles. The van der Waals surface area contributed by atoms with E-state index >= 15 is 0 Å². The van der Waals surface area contributed by atoms with Crippen molar-refractivity contribution < 1.29 is 4.79 Å². The number of hydrogen-bond donors (Lipinski definition) is 0. The van der Waals surface area contributed by atoms with E-state index in [1.54, 1.807) is 12.4 Å². The van der Waals surface area contributed by atoms with Gasteiger partial charge in [-0.1, -0.05) is 31.2 Å². The van der Waals surface area contributed by atoms with Gasteiger partial charge in [-0.15, -0.1) is 0 Å². The standard InChI is InChI=1S/C18H18N4O/c1-2-15-14-6-4-3-5-13(14)7-10-22(15)18(23)16-17-20-9-12-21(17)11-8-19-16/h3-6,8-9,11-12,15H,2,7,10H2,1H3/t15-/m0/s1. The maximum absolute atomic E-state index is 13.1. The molecular formula is C18H18N4O. The van der Waals surface area contributed by atoms with Crippen molar-refractivity contribution in [1.29, 1.82) is 0 Å². The quantitative estimate of drug-likeness (QED) is 0.731. The molecule has 1 amide bonds. The Labute approximate surface area is 134 Å². The molecule has 0 spiro atoms. The maximum atomic E-state index is 13.1. The van der Waals surface area contributed by atoms with Crippen molar-refractivity contribution in [2.24, 2.45) is 0 Å². The van der Waals surface area contributed by atoms with Crippen molar-refractivity contribution in [2.75, 3.05) is 6.54 Å². The molecule has 0 saturated carbocycles. The van der Waals surface area contributed by atoms with Crippen LogP contribution in [0.1, 0.15) is 41.0 Å². The lowest BCUT2D eigenvalue weighted by molar-refractivity contribution is 0.0651. The van der Waals surface area contributed by atoms with Gasteiger partial charge in [0.2, 0.25) is 0 Å². The van der Waals surface area contributed by atoms with E-state index in [1.807, 2.05) is 27.8 Å². The van der Waals surface area contributed by atoms with Crippen molar-refractivity contribution in [2.45, 2.75) is 25.8 Å². The molecule has 23 heavy (non-hydrogen) atoms. The molecule has 0 fully saturated rings. The van der Waals surface area contributed by atoms with Crippen LogP contribution in [0.5, 0.6) is 0 Å². The third-order valence-corrected chi connectivity index (χ3v) is 4.57. The lowest BCUT2D eigenvalue weighted by Crippen LogP contribution is -2.40. The highest BCUT2D eigenvalue weighted by Crippen LogP contribution is 2.33. The van der Waals surface area contributed by atoms with Crippen LogP contribution in [0.4, 0.5) is 0 Å². The minimum Gasteiger partial charge on any atom is -0.330 e. The summed E-state index contributed by atoms with van der Waals surface area (Å²) in [4.78, 5) is 23.6. The van der Waals surface area contributed by atoms with Crippen LogP contribution in [-0.4, -0.2) is 31.7 Å². The van der Waals surface area contributed by atoms with Gasteiger partial charge in [-0.3, -0.25) is 4.79 Å². The van der Waals surface area contributed by atoms with Crippen molar-refractivity contribution in [3.8, 4) is 0 Å². The smallest absolute Gasteiger partial charge is 0.276 e. The lowest BCUT2D eigenvalue weighted by Gasteiger charge is -2.36. The van der Waals surface area contributed by atoms with Crippen molar-refractivity contribution in [1.82, 2.24) is 19.3 Å². The summed E-state index contributed by atoms with van der Waals surface area (Å²) in [6.07, 6.45) is 8.76. The average molecular weight is 306 g/mol. The topological polar surface area (TPSA) is 50.5 Å². The molecule has 2 aromatic heterocycles. The van der Waals surface area contributed by atoms with Crippen LogP contribution in [-0.2, 0) is 6.42 Å². The highest BCUT2D eigenvalue weighted by atomic mass is 16.2. The first-order valence-electron chi connectivity index (χ1n) is 7.96. The Morgan fingerprint density at radius 2 is 2.00 bits per heavy atom. The second-order valence-electron chi connectivity index (χ2n) is 5.81. The number of hydrogen-bond acceptors (Lipinski definition) is 3. The van der Waals surface area contributed by atoms with Gasteiger partial charge in [-0.25, -0.2) is 9.97 Å².